The number of H-pyrrole nitrogens is 1. The van der Waals surface area contributed by atoms with Crippen LogP contribution in [0.2, 0.25) is 5.02 Å². The largest absolute Gasteiger partial charge is 0.482 e. The summed E-state index contributed by atoms with van der Waals surface area (Å²) in [6.45, 7) is -0.401. The van der Waals surface area contributed by atoms with Gasteiger partial charge in [-0.25, -0.2) is 9.78 Å². The average Bonchev–Trinajstić information content (AvgIpc) is 3.68. The molecule has 4 heterocycles. The number of ether oxygens (including phenoxy) is 1. The van der Waals surface area contributed by atoms with Gasteiger partial charge in [0.2, 0.25) is 0 Å². The predicted molar refractivity (Wildman–Crippen MR) is 137 cm³/mol. The van der Waals surface area contributed by atoms with Crippen LogP contribution in [-0.2, 0) is 11.2 Å². The monoisotopic (exact) mass is 529 g/mol. The maximum atomic E-state index is 13.4. The predicted octanol–water partition coefficient (Wildman–Crippen LogP) is 3.53. The van der Waals surface area contributed by atoms with Crippen molar-refractivity contribution >= 4 is 17.6 Å². The van der Waals surface area contributed by atoms with Gasteiger partial charge in [0, 0.05) is 22.3 Å². The number of pyridine rings is 1. The minimum absolute atomic E-state index is 0.138. The molecule has 0 radical (unpaired) electrons. The van der Waals surface area contributed by atoms with Crippen LogP contribution in [0.15, 0.2) is 71.9 Å². The van der Waals surface area contributed by atoms with Gasteiger partial charge in [-0.15, -0.1) is 5.10 Å². The van der Waals surface area contributed by atoms with E-state index in [9.17, 15) is 9.59 Å². The Kier molecular flexibility index (Phi) is 5.97. The van der Waals surface area contributed by atoms with Crippen molar-refractivity contribution in [2.45, 2.75) is 18.9 Å². The first-order chi connectivity index (χ1) is 18.5. The Bertz CT molecular complexity index is 1690. The lowest BCUT2D eigenvalue weighted by Gasteiger charge is -2.15. The highest BCUT2D eigenvalue weighted by atomic mass is 35.5. The standard InChI is InChI=1S/C26H20ClN7O4/c27-17-3-7-22(33-14-29-31-32-33)20(11-17)16-9-18-4-8-23(34(18)24(35)10-16)26-28-12-21(30-26)15-1-5-19(6-2-15)38-13-25(36)37/h1-3,5-7,9-12,14,23H,4,8,13H2,(H,28,30)(H,36,37)/t23-/m0/s1. The molecule has 1 aliphatic heterocycles. The van der Waals surface area contributed by atoms with E-state index in [0.29, 0.717) is 28.7 Å². The third kappa shape index (κ3) is 4.43. The first kappa shape index (κ1) is 23.6. The number of carboxylic acid groups (broad SMARTS) is 1. The number of aromatic nitrogens is 7. The fourth-order valence-electron chi connectivity index (χ4n) is 4.75. The highest BCUT2D eigenvalue weighted by Gasteiger charge is 2.28. The van der Waals surface area contributed by atoms with Crippen molar-refractivity contribution in [1.82, 2.24) is 34.7 Å². The summed E-state index contributed by atoms with van der Waals surface area (Å²) >= 11 is 6.29. The number of tetrazole rings is 1. The number of rotatable bonds is 7. The number of halogens is 1. The fourth-order valence-corrected chi connectivity index (χ4v) is 4.92. The van der Waals surface area contributed by atoms with Gasteiger partial charge in [-0.2, -0.15) is 4.68 Å². The summed E-state index contributed by atoms with van der Waals surface area (Å²) in [4.78, 5) is 32.0. The van der Waals surface area contributed by atoms with E-state index in [1.165, 1.54) is 11.0 Å². The number of nitrogens with zero attached hydrogens (tertiary/aromatic N) is 6. The van der Waals surface area contributed by atoms with Gasteiger partial charge in [0.05, 0.1) is 23.6 Å². The summed E-state index contributed by atoms with van der Waals surface area (Å²) in [5.74, 6) is 0.120. The molecule has 0 saturated carbocycles. The van der Waals surface area contributed by atoms with Crippen molar-refractivity contribution < 1.29 is 14.6 Å². The molecule has 38 heavy (non-hydrogen) atoms. The number of fused-ring (bicyclic) bond motifs is 1. The fraction of sp³-hybridized carbons (Fsp3) is 0.154. The number of carbonyl (C=O) groups is 1. The van der Waals surface area contributed by atoms with Crippen LogP contribution in [0.5, 0.6) is 5.75 Å². The van der Waals surface area contributed by atoms with Crippen LogP contribution < -0.4 is 10.3 Å². The number of hydrogen-bond acceptors (Lipinski definition) is 7. The van der Waals surface area contributed by atoms with Gasteiger partial charge in [-0.05, 0) is 82.9 Å². The van der Waals surface area contributed by atoms with E-state index >= 15 is 0 Å². The third-order valence-corrected chi connectivity index (χ3v) is 6.67. The molecule has 1 atom stereocenters. The molecule has 1 aliphatic rings. The molecule has 11 nitrogen and oxygen atoms in total. The van der Waals surface area contributed by atoms with Gasteiger partial charge in [0.15, 0.2) is 6.61 Å². The molecule has 0 fully saturated rings. The molecule has 0 aliphatic carbocycles. The number of aliphatic carboxylic acids is 1. The molecular weight excluding hydrogens is 510 g/mol. The number of aromatic amines is 1. The molecule has 2 N–H and O–H groups in total. The van der Waals surface area contributed by atoms with E-state index in [1.807, 2.05) is 24.3 Å². The molecular formula is C26H20ClN7O4. The molecule has 0 amide bonds. The topological polar surface area (TPSA) is 141 Å². The molecule has 0 spiro atoms. The lowest BCUT2D eigenvalue weighted by Crippen LogP contribution is -2.23. The van der Waals surface area contributed by atoms with Crippen LogP contribution in [0.25, 0.3) is 28.1 Å². The Balaban J connectivity index is 1.29. The van der Waals surface area contributed by atoms with Gasteiger partial charge in [-0.3, -0.25) is 4.79 Å². The summed E-state index contributed by atoms with van der Waals surface area (Å²) < 4.78 is 8.50. The SMILES string of the molecule is O=C(O)COc1ccc(-c2cnc([C@@H]3CCc4cc(-c5cc(Cl)ccc5-n5cnnn5)cc(=O)n43)[nH]2)cc1. The Labute approximate surface area is 220 Å². The second-order valence-corrected chi connectivity index (χ2v) is 9.24. The van der Waals surface area contributed by atoms with Crippen LogP contribution in [0, 0.1) is 0 Å². The van der Waals surface area contributed by atoms with Gasteiger partial charge in [0.25, 0.3) is 5.56 Å². The van der Waals surface area contributed by atoms with Crippen molar-refractivity contribution in [3.8, 4) is 33.8 Å². The van der Waals surface area contributed by atoms with Crippen molar-refractivity contribution in [3.63, 3.8) is 0 Å². The maximum Gasteiger partial charge on any atom is 0.341 e. The summed E-state index contributed by atoms with van der Waals surface area (Å²) in [5, 5.41) is 20.7. The van der Waals surface area contributed by atoms with E-state index in [4.69, 9.17) is 21.4 Å². The second-order valence-electron chi connectivity index (χ2n) is 8.80. The Morgan fingerprint density at radius 1 is 1.13 bits per heavy atom. The molecule has 12 heteroatoms. The Hall–Kier alpha value is -4.77. The average molecular weight is 530 g/mol. The number of imidazole rings is 1. The maximum absolute atomic E-state index is 13.4. The Morgan fingerprint density at radius 2 is 1.97 bits per heavy atom. The van der Waals surface area contributed by atoms with Crippen molar-refractivity contribution in [2.75, 3.05) is 6.61 Å². The third-order valence-electron chi connectivity index (χ3n) is 6.44. The highest BCUT2D eigenvalue weighted by Crippen LogP contribution is 2.34. The molecule has 190 valence electrons. The second kappa shape index (κ2) is 9.60. The van der Waals surface area contributed by atoms with Gasteiger partial charge in [-0.1, -0.05) is 11.6 Å². The minimum Gasteiger partial charge on any atom is -0.482 e. The van der Waals surface area contributed by atoms with Gasteiger partial charge in [0.1, 0.15) is 17.9 Å². The van der Waals surface area contributed by atoms with Gasteiger partial charge >= 0.3 is 5.97 Å². The van der Waals surface area contributed by atoms with Crippen LogP contribution in [0.3, 0.4) is 0 Å². The lowest BCUT2D eigenvalue weighted by molar-refractivity contribution is -0.139. The summed E-state index contributed by atoms with van der Waals surface area (Å²) in [6, 6.07) is 15.8. The van der Waals surface area contributed by atoms with E-state index < -0.39 is 12.6 Å². The quantitative estimate of drug-likeness (QED) is 0.326. The van der Waals surface area contributed by atoms with Crippen molar-refractivity contribution in [1.29, 1.82) is 0 Å². The van der Waals surface area contributed by atoms with E-state index in [2.05, 4.69) is 25.5 Å². The zero-order valence-electron chi connectivity index (χ0n) is 19.8. The first-order valence-corrected chi connectivity index (χ1v) is 12.1. The van der Waals surface area contributed by atoms with E-state index in [-0.39, 0.29) is 11.6 Å². The van der Waals surface area contributed by atoms with Crippen molar-refractivity contribution in [2.24, 2.45) is 0 Å². The van der Waals surface area contributed by atoms with Crippen LogP contribution >= 0.6 is 11.6 Å². The molecule has 5 aromatic rings. The van der Waals surface area contributed by atoms with Crippen LogP contribution in [-0.4, -0.2) is 52.4 Å². The molecule has 0 bridgehead atoms. The van der Waals surface area contributed by atoms with E-state index in [0.717, 1.165) is 34.5 Å². The number of hydrogen-bond donors (Lipinski definition) is 2. The first-order valence-electron chi connectivity index (χ1n) is 11.7. The number of carboxylic acids is 1. The zero-order chi connectivity index (χ0) is 26.2. The molecule has 2 aromatic carbocycles. The normalized spacial score (nSPS) is 14.4. The number of nitrogens with one attached hydrogen (secondary N) is 1. The summed E-state index contributed by atoms with van der Waals surface area (Å²) in [5.41, 5.74) is 4.62. The smallest absolute Gasteiger partial charge is 0.341 e. The lowest BCUT2D eigenvalue weighted by atomic mass is 10.0. The summed E-state index contributed by atoms with van der Waals surface area (Å²) in [7, 11) is 0. The zero-order valence-corrected chi connectivity index (χ0v) is 20.5. The number of benzene rings is 2. The molecule has 0 saturated heterocycles. The minimum atomic E-state index is -1.04. The Morgan fingerprint density at radius 3 is 2.74 bits per heavy atom. The highest BCUT2D eigenvalue weighted by molar-refractivity contribution is 6.31. The van der Waals surface area contributed by atoms with Crippen LogP contribution in [0.1, 0.15) is 24.0 Å². The number of aryl methyl sites for hydroxylation is 1. The van der Waals surface area contributed by atoms with Crippen molar-refractivity contribution in [3.05, 3.63) is 94.0 Å². The summed E-state index contributed by atoms with van der Waals surface area (Å²) in [6.07, 6.45) is 4.65. The van der Waals surface area contributed by atoms with E-state index in [1.54, 1.807) is 41.1 Å². The molecule has 0 unspecified atom stereocenters. The van der Waals surface area contributed by atoms with Gasteiger partial charge < -0.3 is 19.4 Å². The van der Waals surface area contributed by atoms with Crippen LogP contribution in [0.4, 0.5) is 0 Å². The molecule has 6 rings (SSSR count). The molecule has 3 aromatic heterocycles.